The summed E-state index contributed by atoms with van der Waals surface area (Å²) in [6, 6.07) is 8.28. The maximum absolute atomic E-state index is 12.5. The Hall–Kier alpha value is -1.65. The van der Waals surface area contributed by atoms with Gasteiger partial charge in [0.15, 0.2) is 0 Å². The predicted molar refractivity (Wildman–Crippen MR) is 86.1 cm³/mol. The number of carbonyl (C=O) groups is 1. The molecule has 0 saturated carbocycles. The van der Waals surface area contributed by atoms with Crippen molar-refractivity contribution < 1.29 is 4.79 Å². The monoisotopic (exact) mass is 298 g/mol. The van der Waals surface area contributed by atoms with Gasteiger partial charge in [0.25, 0.3) is 5.91 Å². The number of amides is 1. The van der Waals surface area contributed by atoms with Gasteiger partial charge in [0.05, 0.1) is 4.88 Å². The maximum atomic E-state index is 12.5. The van der Waals surface area contributed by atoms with Gasteiger partial charge in [-0.1, -0.05) is 12.1 Å². The van der Waals surface area contributed by atoms with Gasteiger partial charge in [-0.3, -0.25) is 4.79 Å². The summed E-state index contributed by atoms with van der Waals surface area (Å²) in [5.41, 5.74) is 4.92. The zero-order valence-electron chi connectivity index (χ0n) is 11.9. The van der Waals surface area contributed by atoms with E-state index >= 15 is 0 Å². The van der Waals surface area contributed by atoms with Crippen molar-refractivity contribution in [2.24, 2.45) is 0 Å². The average molecular weight is 298 g/mol. The predicted octanol–water partition coefficient (Wildman–Crippen LogP) is 3.13. The maximum Gasteiger partial charge on any atom is 0.265 e. The largest absolute Gasteiger partial charge is 0.321 e. The zero-order chi connectivity index (χ0) is 14.2. The molecular formula is C17H18N2OS. The number of carbonyl (C=O) groups excluding carboxylic acids is 1. The summed E-state index contributed by atoms with van der Waals surface area (Å²) in [6.07, 6.45) is 4.54. The highest BCUT2D eigenvalue weighted by Gasteiger charge is 2.20. The number of thiophene rings is 1. The van der Waals surface area contributed by atoms with Crippen molar-refractivity contribution in [2.75, 3.05) is 11.9 Å². The first-order valence-corrected chi connectivity index (χ1v) is 8.37. The molecule has 0 radical (unpaired) electrons. The lowest BCUT2D eigenvalue weighted by molar-refractivity contribution is 0.103. The fourth-order valence-corrected chi connectivity index (χ4v) is 4.40. The number of hydrogen-bond acceptors (Lipinski definition) is 3. The highest BCUT2D eigenvalue weighted by molar-refractivity contribution is 7.14. The molecule has 0 unspecified atom stereocenters. The molecule has 2 heterocycles. The molecule has 4 rings (SSSR count). The van der Waals surface area contributed by atoms with E-state index in [2.05, 4.69) is 22.8 Å². The fraction of sp³-hybridized carbons (Fsp3) is 0.353. The third kappa shape index (κ3) is 2.39. The molecular weight excluding hydrogens is 280 g/mol. The van der Waals surface area contributed by atoms with Gasteiger partial charge < -0.3 is 10.6 Å². The number of anilines is 1. The van der Waals surface area contributed by atoms with E-state index in [9.17, 15) is 4.79 Å². The molecule has 0 saturated heterocycles. The first-order valence-electron chi connectivity index (χ1n) is 7.56. The molecule has 108 valence electrons. The third-order valence-electron chi connectivity index (χ3n) is 4.36. The van der Waals surface area contributed by atoms with Gasteiger partial charge >= 0.3 is 0 Å². The average Bonchev–Trinajstić information content (AvgIpc) is 3.09. The van der Waals surface area contributed by atoms with Crippen molar-refractivity contribution in [2.45, 2.75) is 32.2 Å². The van der Waals surface area contributed by atoms with E-state index < -0.39 is 0 Å². The van der Waals surface area contributed by atoms with Gasteiger partial charge in [0, 0.05) is 17.1 Å². The summed E-state index contributed by atoms with van der Waals surface area (Å²) >= 11 is 1.66. The summed E-state index contributed by atoms with van der Waals surface area (Å²) in [5.74, 6) is 0.0355. The van der Waals surface area contributed by atoms with Gasteiger partial charge in [-0.2, -0.15) is 0 Å². The minimum Gasteiger partial charge on any atom is -0.321 e. The Bertz CT molecular complexity index is 683. The quantitative estimate of drug-likeness (QED) is 0.894. The van der Waals surface area contributed by atoms with Crippen LogP contribution in [0.15, 0.2) is 24.3 Å². The summed E-state index contributed by atoms with van der Waals surface area (Å²) < 4.78 is 0. The lowest BCUT2D eigenvalue weighted by Crippen LogP contribution is -2.25. The standard InChI is InChI=1S/C17H18N2OS/c20-17(16-9-12-4-2-6-15(12)21-16)19-14-5-1-3-11-7-8-18-10-13(11)14/h1,3,5,9,18H,2,4,6-8,10H2,(H,19,20). The van der Waals surface area contributed by atoms with Gasteiger partial charge in [-0.15, -0.1) is 11.3 Å². The summed E-state index contributed by atoms with van der Waals surface area (Å²) in [4.78, 5) is 14.7. The van der Waals surface area contributed by atoms with E-state index in [1.807, 2.05) is 12.1 Å². The van der Waals surface area contributed by atoms with E-state index in [0.717, 1.165) is 42.9 Å². The van der Waals surface area contributed by atoms with Crippen molar-refractivity contribution >= 4 is 22.9 Å². The minimum atomic E-state index is 0.0355. The number of aryl methyl sites for hydroxylation is 2. The first-order chi connectivity index (χ1) is 10.3. The number of rotatable bonds is 2. The second kappa shape index (κ2) is 5.28. The Morgan fingerprint density at radius 3 is 3.05 bits per heavy atom. The Labute approximate surface area is 128 Å². The number of nitrogens with one attached hydrogen (secondary N) is 2. The van der Waals surface area contributed by atoms with Gasteiger partial charge in [0.2, 0.25) is 0 Å². The second-order valence-corrected chi connectivity index (χ2v) is 6.87. The van der Waals surface area contributed by atoms with Crippen LogP contribution in [0.2, 0.25) is 0 Å². The lowest BCUT2D eigenvalue weighted by atomic mass is 9.99. The first kappa shape index (κ1) is 13.0. The van der Waals surface area contributed by atoms with Crippen molar-refractivity contribution in [3.05, 3.63) is 50.7 Å². The van der Waals surface area contributed by atoms with Crippen LogP contribution in [0.3, 0.4) is 0 Å². The highest BCUT2D eigenvalue weighted by Crippen LogP contribution is 2.31. The molecule has 0 fully saturated rings. The Morgan fingerprint density at radius 2 is 2.14 bits per heavy atom. The van der Waals surface area contributed by atoms with Crippen LogP contribution in [0.25, 0.3) is 0 Å². The second-order valence-electron chi connectivity index (χ2n) is 5.74. The topological polar surface area (TPSA) is 41.1 Å². The summed E-state index contributed by atoms with van der Waals surface area (Å²) in [5, 5.41) is 6.48. The van der Waals surface area contributed by atoms with Crippen LogP contribution in [0.4, 0.5) is 5.69 Å². The molecule has 0 atom stereocenters. The molecule has 3 nitrogen and oxygen atoms in total. The molecule has 1 aromatic heterocycles. The highest BCUT2D eigenvalue weighted by atomic mass is 32.1. The smallest absolute Gasteiger partial charge is 0.265 e. The number of hydrogen-bond donors (Lipinski definition) is 2. The molecule has 1 aliphatic heterocycles. The Morgan fingerprint density at radius 1 is 1.19 bits per heavy atom. The van der Waals surface area contributed by atoms with Crippen LogP contribution < -0.4 is 10.6 Å². The molecule has 0 bridgehead atoms. The zero-order valence-corrected chi connectivity index (χ0v) is 12.7. The van der Waals surface area contributed by atoms with Crippen LogP contribution in [0, 0.1) is 0 Å². The minimum absolute atomic E-state index is 0.0355. The lowest BCUT2D eigenvalue weighted by Gasteiger charge is -2.20. The number of fused-ring (bicyclic) bond motifs is 2. The Kier molecular flexibility index (Phi) is 3.28. The number of benzene rings is 1. The van der Waals surface area contributed by atoms with Crippen LogP contribution in [0.1, 0.15) is 37.7 Å². The van der Waals surface area contributed by atoms with Crippen LogP contribution in [-0.4, -0.2) is 12.5 Å². The molecule has 4 heteroatoms. The molecule has 1 amide bonds. The summed E-state index contributed by atoms with van der Waals surface area (Å²) in [6.45, 7) is 1.86. The van der Waals surface area contributed by atoms with E-state index in [-0.39, 0.29) is 5.91 Å². The molecule has 2 aliphatic rings. The van der Waals surface area contributed by atoms with Crippen LogP contribution in [0.5, 0.6) is 0 Å². The normalized spacial score (nSPS) is 16.4. The van der Waals surface area contributed by atoms with Crippen LogP contribution >= 0.6 is 11.3 Å². The molecule has 1 aliphatic carbocycles. The van der Waals surface area contributed by atoms with E-state index in [4.69, 9.17) is 0 Å². The van der Waals surface area contributed by atoms with E-state index in [1.165, 1.54) is 28.0 Å². The van der Waals surface area contributed by atoms with Crippen molar-refractivity contribution in [3.63, 3.8) is 0 Å². The molecule has 2 N–H and O–H groups in total. The van der Waals surface area contributed by atoms with Crippen molar-refractivity contribution in [1.29, 1.82) is 0 Å². The SMILES string of the molecule is O=C(Nc1cccc2c1CNCC2)c1cc2c(s1)CCC2. The van der Waals surface area contributed by atoms with Crippen LogP contribution in [-0.2, 0) is 25.8 Å². The third-order valence-corrected chi connectivity index (χ3v) is 5.60. The van der Waals surface area contributed by atoms with Crippen molar-refractivity contribution in [1.82, 2.24) is 5.32 Å². The van der Waals surface area contributed by atoms with Gasteiger partial charge in [0.1, 0.15) is 0 Å². The Balaban J connectivity index is 1.59. The van der Waals surface area contributed by atoms with Crippen molar-refractivity contribution in [3.8, 4) is 0 Å². The molecule has 0 spiro atoms. The molecule has 1 aromatic carbocycles. The summed E-state index contributed by atoms with van der Waals surface area (Å²) in [7, 11) is 0. The fourth-order valence-electron chi connectivity index (χ4n) is 3.26. The van der Waals surface area contributed by atoms with E-state index in [0.29, 0.717) is 0 Å². The van der Waals surface area contributed by atoms with Gasteiger partial charge in [-0.05, 0) is 61.1 Å². The molecule has 2 aromatic rings. The molecule has 21 heavy (non-hydrogen) atoms. The van der Waals surface area contributed by atoms with E-state index in [1.54, 1.807) is 11.3 Å². The van der Waals surface area contributed by atoms with Gasteiger partial charge in [-0.25, -0.2) is 0 Å².